The molecule has 9 nitrogen and oxygen atoms in total. The van der Waals surface area contributed by atoms with Crippen molar-refractivity contribution in [1.29, 1.82) is 0 Å². The van der Waals surface area contributed by atoms with Crippen molar-refractivity contribution in [2.75, 3.05) is 13.4 Å². The van der Waals surface area contributed by atoms with E-state index in [-0.39, 0.29) is 19.3 Å². The molecular formula is C21H19N3O6S. The van der Waals surface area contributed by atoms with Gasteiger partial charge in [-0.1, -0.05) is 30.0 Å². The number of amides is 1. The fraction of sp³-hybridized carbons (Fsp3) is 0.286. The SMILES string of the molecule is C[C@@H](Sc1nnc([C@@H]2COc3ccccc3O2)o1)C(=O)NCc1ccc2c(c1)OCO2. The summed E-state index contributed by atoms with van der Waals surface area (Å²) in [7, 11) is 0. The van der Waals surface area contributed by atoms with Crippen molar-refractivity contribution in [3.8, 4) is 23.0 Å². The maximum atomic E-state index is 12.5. The standard InChI is InChI=1S/C21H19N3O6S/c1-12(19(25)22-9-13-6-7-15-17(8-13)28-11-27-15)31-21-24-23-20(30-21)18-10-26-14-4-2-3-5-16(14)29-18/h2-8,12,18H,9-11H2,1H3,(H,22,25)/t12-,18+/m1/s1. The number of fused-ring (bicyclic) bond motifs is 2. The number of hydrogen-bond donors (Lipinski definition) is 1. The van der Waals surface area contributed by atoms with E-state index in [1.807, 2.05) is 42.5 Å². The average molecular weight is 441 g/mol. The molecule has 0 saturated carbocycles. The fourth-order valence-electron chi connectivity index (χ4n) is 3.13. The molecule has 5 rings (SSSR count). The van der Waals surface area contributed by atoms with Crippen LogP contribution >= 0.6 is 11.8 Å². The van der Waals surface area contributed by atoms with E-state index >= 15 is 0 Å². The third-order valence-corrected chi connectivity index (χ3v) is 5.69. The van der Waals surface area contributed by atoms with Crippen molar-refractivity contribution in [2.45, 2.75) is 30.0 Å². The Bertz CT molecular complexity index is 1100. The highest BCUT2D eigenvalue weighted by molar-refractivity contribution is 8.00. The number of nitrogens with one attached hydrogen (secondary N) is 1. The summed E-state index contributed by atoms with van der Waals surface area (Å²) in [6, 6.07) is 13.0. The molecule has 1 amide bonds. The number of nitrogens with zero attached hydrogens (tertiary/aromatic N) is 2. The van der Waals surface area contributed by atoms with Gasteiger partial charge in [0.25, 0.3) is 11.1 Å². The van der Waals surface area contributed by atoms with Gasteiger partial charge in [-0.2, -0.15) is 0 Å². The Balaban J connectivity index is 1.15. The Hall–Kier alpha value is -3.40. The molecule has 0 saturated heterocycles. The Morgan fingerprint density at radius 3 is 2.81 bits per heavy atom. The Labute approximate surface area is 182 Å². The lowest BCUT2D eigenvalue weighted by atomic mass is 10.2. The van der Waals surface area contributed by atoms with Crippen molar-refractivity contribution in [2.24, 2.45) is 0 Å². The van der Waals surface area contributed by atoms with Gasteiger partial charge in [0.15, 0.2) is 23.0 Å². The second-order valence-electron chi connectivity index (χ2n) is 6.94. The molecule has 3 aromatic rings. The molecule has 2 atom stereocenters. The number of ether oxygens (including phenoxy) is 4. The normalized spacial score (nSPS) is 17.3. The van der Waals surface area contributed by atoms with Crippen LogP contribution in [-0.4, -0.2) is 34.8 Å². The molecule has 2 aliphatic rings. The van der Waals surface area contributed by atoms with Crippen molar-refractivity contribution in [1.82, 2.24) is 15.5 Å². The van der Waals surface area contributed by atoms with Gasteiger partial charge in [0.2, 0.25) is 18.8 Å². The molecule has 0 aliphatic carbocycles. The third-order valence-electron chi connectivity index (χ3n) is 4.76. The van der Waals surface area contributed by atoms with Gasteiger partial charge in [-0.25, -0.2) is 0 Å². The van der Waals surface area contributed by atoms with E-state index in [1.54, 1.807) is 6.92 Å². The maximum absolute atomic E-state index is 12.5. The van der Waals surface area contributed by atoms with E-state index in [9.17, 15) is 4.79 Å². The molecular weight excluding hydrogens is 422 g/mol. The zero-order chi connectivity index (χ0) is 21.2. The summed E-state index contributed by atoms with van der Waals surface area (Å²) in [4.78, 5) is 12.5. The molecule has 0 radical (unpaired) electrons. The van der Waals surface area contributed by atoms with E-state index in [2.05, 4.69) is 15.5 Å². The smallest absolute Gasteiger partial charge is 0.277 e. The number of carbonyl (C=O) groups is 1. The Morgan fingerprint density at radius 1 is 1.10 bits per heavy atom. The summed E-state index contributed by atoms with van der Waals surface area (Å²) in [5.41, 5.74) is 0.921. The lowest BCUT2D eigenvalue weighted by molar-refractivity contribution is -0.120. The lowest BCUT2D eigenvalue weighted by Crippen LogP contribution is -2.30. The van der Waals surface area contributed by atoms with Crippen molar-refractivity contribution < 1.29 is 28.2 Å². The predicted molar refractivity (Wildman–Crippen MR) is 109 cm³/mol. The number of para-hydroxylation sites is 2. The first kappa shape index (κ1) is 19.6. The highest BCUT2D eigenvalue weighted by atomic mass is 32.2. The topological polar surface area (TPSA) is 105 Å². The van der Waals surface area contributed by atoms with Gasteiger partial charge in [0.05, 0.1) is 5.25 Å². The Morgan fingerprint density at radius 2 is 1.90 bits per heavy atom. The van der Waals surface area contributed by atoms with E-state index in [4.69, 9.17) is 23.4 Å². The van der Waals surface area contributed by atoms with Crippen molar-refractivity contribution in [3.63, 3.8) is 0 Å². The Kier molecular flexibility index (Phi) is 5.29. The van der Waals surface area contributed by atoms with Gasteiger partial charge < -0.3 is 28.7 Å². The molecule has 2 aromatic carbocycles. The van der Waals surface area contributed by atoms with E-state index < -0.39 is 11.4 Å². The molecule has 0 bridgehead atoms. The number of benzene rings is 2. The van der Waals surface area contributed by atoms with Gasteiger partial charge in [0, 0.05) is 6.54 Å². The van der Waals surface area contributed by atoms with Crippen LogP contribution in [0.15, 0.2) is 52.1 Å². The summed E-state index contributed by atoms with van der Waals surface area (Å²) >= 11 is 1.18. The van der Waals surface area contributed by atoms with E-state index in [0.717, 1.165) is 5.56 Å². The van der Waals surface area contributed by atoms with E-state index in [0.29, 0.717) is 40.7 Å². The second kappa shape index (κ2) is 8.38. The van der Waals surface area contributed by atoms with Crippen LogP contribution in [0.3, 0.4) is 0 Å². The van der Waals surface area contributed by atoms with E-state index in [1.165, 1.54) is 11.8 Å². The number of carbonyl (C=O) groups excluding carboxylic acids is 1. The van der Waals surface area contributed by atoms with Crippen LogP contribution in [0.4, 0.5) is 0 Å². The van der Waals surface area contributed by atoms with Gasteiger partial charge in [-0.3, -0.25) is 4.79 Å². The minimum absolute atomic E-state index is 0.145. The first-order chi connectivity index (χ1) is 15.2. The predicted octanol–water partition coefficient (Wildman–Crippen LogP) is 3.11. The summed E-state index contributed by atoms with van der Waals surface area (Å²) in [6.07, 6.45) is -0.494. The van der Waals surface area contributed by atoms with Crippen LogP contribution in [0.2, 0.25) is 0 Å². The molecule has 31 heavy (non-hydrogen) atoms. The molecule has 0 spiro atoms. The highest BCUT2D eigenvalue weighted by Crippen LogP contribution is 2.36. The molecule has 3 heterocycles. The fourth-order valence-corrected chi connectivity index (χ4v) is 3.84. The molecule has 160 valence electrons. The van der Waals surface area contributed by atoms with Crippen LogP contribution in [0.1, 0.15) is 24.5 Å². The van der Waals surface area contributed by atoms with Crippen LogP contribution in [0, 0.1) is 0 Å². The largest absolute Gasteiger partial charge is 0.485 e. The summed E-state index contributed by atoms with van der Waals surface area (Å²) in [6.45, 7) is 2.65. The summed E-state index contributed by atoms with van der Waals surface area (Å²) < 4.78 is 27.9. The zero-order valence-electron chi connectivity index (χ0n) is 16.6. The maximum Gasteiger partial charge on any atom is 0.277 e. The number of thioether (sulfide) groups is 1. The van der Waals surface area contributed by atoms with Gasteiger partial charge in [0.1, 0.15) is 6.61 Å². The third kappa shape index (κ3) is 4.24. The minimum atomic E-state index is -0.494. The highest BCUT2D eigenvalue weighted by Gasteiger charge is 2.28. The zero-order valence-corrected chi connectivity index (χ0v) is 17.4. The van der Waals surface area contributed by atoms with Crippen molar-refractivity contribution in [3.05, 3.63) is 53.9 Å². The van der Waals surface area contributed by atoms with Gasteiger partial charge >= 0.3 is 0 Å². The molecule has 0 fully saturated rings. The lowest BCUT2D eigenvalue weighted by Gasteiger charge is -2.23. The summed E-state index contributed by atoms with van der Waals surface area (Å²) in [5, 5.41) is 10.9. The molecule has 0 unspecified atom stereocenters. The monoisotopic (exact) mass is 441 g/mol. The minimum Gasteiger partial charge on any atom is -0.485 e. The van der Waals surface area contributed by atoms with Gasteiger partial charge in [-0.05, 0) is 36.8 Å². The molecule has 2 aliphatic heterocycles. The van der Waals surface area contributed by atoms with Crippen LogP contribution in [0.5, 0.6) is 23.0 Å². The number of aromatic nitrogens is 2. The number of hydrogen-bond acceptors (Lipinski definition) is 9. The van der Waals surface area contributed by atoms with Crippen LogP contribution in [0.25, 0.3) is 0 Å². The van der Waals surface area contributed by atoms with Gasteiger partial charge in [-0.15, -0.1) is 10.2 Å². The number of rotatable bonds is 6. The average Bonchev–Trinajstić information content (AvgIpc) is 3.46. The van der Waals surface area contributed by atoms with Crippen LogP contribution in [-0.2, 0) is 11.3 Å². The second-order valence-corrected chi connectivity index (χ2v) is 8.23. The first-order valence-corrected chi connectivity index (χ1v) is 10.6. The van der Waals surface area contributed by atoms with Crippen molar-refractivity contribution >= 4 is 17.7 Å². The molecule has 10 heteroatoms. The van der Waals surface area contributed by atoms with Crippen LogP contribution < -0.4 is 24.3 Å². The molecule has 1 aromatic heterocycles. The first-order valence-electron chi connectivity index (χ1n) is 9.70. The molecule has 1 N–H and O–H groups in total. The quantitative estimate of drug-likeness (QED) is 0.578. The summed E-state index contributed by atoms with van der Waals surface area (Å²) in [5.74, 6) is 2.87.